The molecule has 0 aliphatic rings. The quantitative estimate of drug-likeness (QED) is 0.637. The van der Waals surface area contributed by atoms with Crippen molar-refractivity contribution < 1.29 is 0 Å². The van der Waals surface area contributed by atoms with Crippen LogP contribution in [0.25, 0.3) is 0 Å². The van der Waals surface area contributed by atoms with E-state index in [-0.39, 0.29) is 0 Å². The molecule has 0 rings (SSSR count). The summed E-state index contributed by atoms with van der Waals surface area (Å²) >= 11 is 0. The Morgan fingerprint density at radius 3 is 1.94 bits per heavy atom. The fourth-order valence-corrected chi connectivity index (χ4v) is 2.62. The SMILES string of the molecule is CCC(CC)C(CN)N(CC)CCCN(C)C. The van der Waals surface area contributed by atoms with Crippen LogP contribution in [0.3, 0.4) is 0 Å². The second-order valence-electron chi connectivity index (χ2n) is 5.17. The summed E-state index contributed by atoms with van der Waals surface area (Å²) in [6, 6.07) is 0.567. The largest absolute Gasteiger partial charge is 0.329 e. The summed E-state index contributed by atoms with van der Waals surface area (Å²) in [5, 5.41) is 0. The molecule has 2 N–H and O–H groups in total. The lowest BCUT2D eigenvalue weighted by Crippen LogP contribution is -2.46. The topological polar surface area (TPSA) is 32.5 Å². The van der Waals surface area contributed by atoms with Gasteiger partial charge in [-0.2, -0.15) is 0 Å². The Morgan fingerprint density at radius 1 is 1.00 bits per heavy atom. The number of nitrogens with two attached hydrogens (primary N) is 1. The van der Waals surface area contributed by atoms with Crippen LogP contribution in [-0.4, -0.2) is 56.1 Å². The van der Waals surface area contributed by atoms with Gasteiger partial charge in [-0.05, 0) is 46.1 Å². The van der Waals surface area contributed by atoms with Crippen molar-refractivity contribution in [1.82, 2.24) is 9.80 Å². The van der Waals surface area contributed by atoms with E-state index in [0.29, 0.717) is 6.04 Å². The van der Waals surface area contributed by atoms with Crippen molar-refractivity contribution in [3.63, 3.8) is 0 Å². The third-order valence-electron chi connectivity index (χ3n) is 3.76. The minimum atomic E-state index is 0.567. The average molecular weight is 243 g/mol. The highest BCUT2D eigenvalue weighted by Crippen LogP contribution is 2.18. The Balaban J connectivity index is 4.27. The van der Waals surface area contributed by atoms with Crippen LogP contribution in [0.4, 0.5) is 0 Å². The van der Waals surface area contributed by atoms with Crippen LogP contribution in [-0.2, 0) is 0 Å². The first-order chi connectivity index (χ1) is 8.10. The molecule has 1 unspecified atom stereocenters. The van der Waals surface area contributed by atoms with Crippen molar-refractivity contribution in [2.75, 3.05) is 40.3 Å². The normalized spacial score (nSPS) is 13.9. The standard InChI is InChI=1S/C14H33N3/c1-6-13(7-2)14(12-15)17(8-3)11-9-10-16(4)5/h13-14H,6-12,15H2,1-5H3. The van der Waals surface area contributed by atoms with Crippen molar-refractivity contribution in [2.24, 2.45) is 11.7 Å². The molecule has 0 spiro atoms. The minimum absolute atomic E-state index is 0.567. The van der Waals surface area contributed by atoms with Gasteiger partial charge in [-0.25, -0.2) is 0 Å². The number of likely N-dealkylation sites (N-methyl/N-ethyl adjacent to an activating group) is 1. The van der Waals surface area contributed by atoms with Gasteiger partial charge in [0.1, 0.15) is 0 Å². The summed E-state index contributed by atoms with van der Waals surface area (Å²) in [4.78, 5) is 4.82. The van der Waals surface area contributed by atoms with Gasteiger partial charge in [0.25, 0.3) is 0 Å². The number of rotatable bonds is 10. The molecule has 3 heteroatoms. The van der Waals surface area contributed by atoms with Crippen LogP contribution in [0.15, 0.2) is 0 Å². The Kier molecular flexibility index (Phi) is 9.79. The van der Waals surface area contributed by atoms with Crippen LogP contribution in [0, 0.1) is 5.92 Å². The molecule has 0 aromatic rings. The summed E-state index contributed by atoms with van der Waals surface area (Å²) in [6.07, 6.45) is 3.71. The van der Waals surface area contributed by atoms with Crippen LogP contribution in [0.5, 0.6) is 0 Å². The Bertz CT molecular complexity index is 167. The summed E-state index contributed by atoms with van der Waals surface area (Å²) in [7, 11) is 4.27. The summed E-state index contributed by atoms with van der Waals surface area (Å²) in [5.74, 6) is 0.749. The molecule has 0 saturated heterocycles. The molecule has 0 aromatic heterocycles. The van der Waals surface area contributed by atoms with E-state index in [9.17, 15) is 0 Å². The second-order valence-corrected chi connectivity index (χ2v) is 5.17. The van der Waals surface area contributed by atoms with E-state index in [1.54, 1.807) is 0 Å². The van der Waals surface area contributed by atoms with Gasteiger partial charge in [-0.1, -0.05) is 33.6 Å². The van der Waals surface area contributed by atoms with Crippen molar-refractivity contribution in [3.8, 4) is 0 Å². The molecule has 0 fully saturated rings. The molecular weight excluding hydrogens is 210 g/mol. The highest BCUT2D eigenvalue weighted by Gasteiger charge is 2.22. The van der Waals surface area contributed by atoms with Gasteiger partial charge in [0.2, 0.25) is 0 Å². The Morgan fingerprint density at radius 2 is 1.59 bits per heavy atom. The molecule has 0 aliphatic carbocycles. The summed E-state index contributed by atoms with van der Waals surface area (Å²) < 4.78 is 0. The third kappa shape index (κ3) is 6.39. The van der Waals surface area contributed by atoms with E-state index in [4.69, 9.17) is 5.73 Å². The van der Waals surface area contributed by atoms with Crippen molar-refractivity contribution in [1.29, 1.82) is 0 Å². The second kappa shape index (κ2) is 9.86. The van der Waals surface area contributed by atoms with Crippen molar-refractivity contribution >= 4 is 0 Å². The van der Waals surface area contributed by atoms with Crippen LogP contribution in [0.2, 0.25) is 0 Å². The van der Waals surface area contributed by atoms with Gasteiger partial charge in [0, 0.05) is 12.6 Å². The van der Waals surface area contributed by atoms with E-state index in [2.05, 4.69) is 44.7 Å². The molecular formula is C14H33N3. The van der Waals surface area contributed by atoms with E-state index >= 15 is 0 Å². The molecule has 17 heavy (non-hydrogen) atoms. The van der Waals surface area contributed by atoms with Gasteiger partial charge in [0.05, 0.1) is 0 Å². The van der Waals surface area contributed by atoms with E-state index in [1.165, 1.54) is 25.8 Å². The highest BCUT2D eigenvalue weighted by atomic mass is 15.2. The molecule has 0 aliphatic heterocycles. The first kappa shape index (κ1) is 16.9. The van der Waals surface area contributed by atoms with Crippen LogP contribution in [0.1, 0.15) is 40.0 Å². The zero-order valence-corrected chi connectivity index (χ0v) is 12.6. The number of hydrogen-bond acceptors (Lipinski definition) is 3. The fraction of sp³-hybridized carbons (Fsp3) is 1.00. The van der Waals surface area contributed by atoms with Crippen LogP contribution >= 0.6 is 0 Å². The molecule has 1 atom stereocenters. The summed E-state index contributed by atoms with van der Waals surface area (Å²) in [6.45, 7) is 11.1. The van der Waals surface area contributed by atoms with Gasteiger partial charge in [-0.15, -0.1) is 0 Å². The average Bonchev–Trinajstić information content (AvgIpc) is 2.32. The molecule has 3 nitrogen and oxygen atoms in total. The lowest BCUT2D eigenvalue weighted by atomic mass is 9.92. The maximum Gasteiger partial charge on any atom is 0.0246 e. The van der Waals surface area contributed by atoms with Gasteiger partial charge in [-0.3, -0.25) is 4.90 Å². The fourth-order valence-electron chi connectivity index (χ4n) is 2.62. The highest BCUT2D eigenvalue weighted by molar-refractivity contribution is 4.78. The van der Waals surface area contributed by atoms with Crippen molar-refractivity contribution in [3.05, 3.63) is 0 Å². The molecule has 0 heterocycles. The predicted molar refractivity (Wildman–Crippen MR) is 77.3 cm³/mol. The third-order valence-corrected chi connectivity index (χ3v) is 3.76. The Hall–Kier alpha value is -0.120. The van der Waals surface area contributed by atoms with E-state index in [1.807, 2.05) is 0 Å². The monoisotopic (exact) mass is 243 g/mol. The van der Waals surface area contributed by atoms with E-state index in [0.717, 1.165) is 25.6 Å². The molecule has 104 valence electrons. The first-order valence-electron chi connectivity index (χ1n) is 7.19. The molecule has 0 bridgehead atoms. The lowest BCUT2D eigenvalue weighted by molar-refractivity contribution is 0.141. The van der Waals surface area contributed by atoms with Crippen molar-refractivity contribution in [2.45, 2.75) is 46.1 Å². The van der Waals surface area contributed by atoms with Gasteiger partial charge >= 0.3 is 0 Å². The minimum Gasteiger partial charge on any atom is -0.329 e. The van der Waals surface area contributed by atoms with Gasteiger partial charge in [0.15, 0.2) is 0 Å². The first-order valence-corrected chi connectivity index (χ1v) is 7.19. The van der Waals surface area contributed by atoms with Gasteiger partial charge < -0.3 is 10.6 Å². The zero-order chi connectivity index (χ0) is 13.3. The van der Waals surface area contributed by atoms with Crippen LogP contribution < -0.4 is 5.73 Å². The maximum atomic E-state index is 5.98. The van der Waals surface area contributed by atoms with E-state index < -0.39 is 0 Å². The smallest absolute Gasteiger partial charge is 0.0246 e. The molecule has 0 saturated carbocycles. The number of hydrogen-bond donors (Lipinski definition) is 1. The summed E-state index contributed by atoms with van der Waals surface area (Å²) in [5.41, 5.74) is 5.98. The molecule has 0 aromatic carbocycles. The molecule has 0 amide bonds. The number of nitrogens with zero attached hydrogens (tertiary/aromatic N) is 2. The molecule has 0 radical (unpaired) electrons. The maximum absolute atomic E-state index is 5.98. The zero-order valence-electron chi connectivity index (χ0n) is 12.6. The Labute approximate surface area is 108 Å². The predicted octanol–water partition coefficient (Wildman–Crippen LogP) is 2.02. The lowest BCUT2D eigenvalue weighted by Gasteiger charge is -2.35.